The van der Waals surface area contributed by atoms with Crippen LogP contribution in [0.1, 0.15) is 15.9 Å². The third-order valence-electron chi connectivity index (χ3n) is 3.22. The van der Waals surface area contributed by atoms with Gasteiger partial charge in [0.15, 0.2) is 17.2 Å². The quantitative estimate of drug-likeness (QED) is 0.528. The van der Waals surface area contributed by atoms with Gasteiger partial charge in [0.05, 0.1) is 0 Å². The number of hydrogen-bond donors (Lipinski definition) is 5. The van der Waals surface area contributed by atoms with E-state index in [1.807, 2.05) is 0 Å². The van der Waals surface area contributed by atoms with Crippen molar-refractivity contribution in [3.05, 3.63) is 53.6 Å². The first kappa shape index (κ1) is 16.2. The molecule has 0 aliphatic carbocycles. The third kappa shape index (κ3) is 3.91. The molecule has 1 atom stereocenters. The van der Waals surface area contributed by atoms with E-state index in [-0.39, 0.29) is 12.0 Å². The number of aromatic hydroxyl groups is 3. The highest BCUT2D eigenvalue weighted by molar-refractivity contribution is 5.97. The fourth-order valence-electron chi connectivity index (χ4n) is 2.03. The van der Waals surface area contributed by atoms with E-state index >= 15 is 0 Å². The monoisotopic (exact) mass is 317 g/mol. The highest BCUT2D eigenvalue weighted by Gasteiger charge is 2.22. The molecule has 0 aromatic heterocycles. The molecule has 23 heavy (non-hydrogen) atoms. The number of carboxylic acids is 1. The van der Waals surface area contributed by atoms with E-state index in [2.05, 4.69) is 5.32 Å². The number of hydrogen-bond acceptors (Lipinski definition) is 5. The summed E-state index contributed by atoms with van der Waals surface area (Å²) in [5.74, 6) is -4.11. The molecule has 0 aliphatic heterocycles. The summed E-state index contributed by atoms with van der Waals surface area (Å²) in [5.41, 5.74) is 0.564. The van der Waals surface area contributed by atoms with Crippen molar-refractivity contribution < 1.29 is 30.0 Å². The number of carboxylic acid groups (broad SMARTS) is 1. The van der Waals surface area contributed by atoms with Gasteiger partial charge in [-0.2, -0.15) is 0 Å². The van der Waals surface area contributed by atoms with E-state index in [1.165, 1.54) is 0 Å². The summed E-state index contributed by atoms with van der Waals surface area (Å²) < 4.78 is 0. The van der Waals surface area contributed by atoms with Crippen LogP contribution in [0.15, 0.2) is 42.5 Å². The Balaban J connectivity index is 2.17. The number of phenolic OH excluding ortho intramolecular Hbond substituents is 3. The second kappa shape index (κ2) is 6.69. The maximum absolute atomic E-state index is 12.1. The molecule has 2 aromatic rings. The van der Waals surface area contributed by atoms with Crippen molar-refractivity contribution in [3.8, 4) is 17.2 Å². The van der Waals surface area contributed by atoms with Crippen LogP contribution in [0.5, 0.6) is 17.2 Å². The van der Waals surface area contributed by atoms with Crippen molar-refractivity contribution in [1.82, 2.24) is 5.32 Å². The van der Waals surface area contributed by atoms with Crippen LogP contribution in [0, 0.1) is 0 Å². The topological polar surface area (TPSA) is 127 Å². The molecule has 0 heterocycles. The highest BCUT2D eigenvalue weighted by atomic mass is 16.4. The Kier molecular flexibility index (Phi) is 4.70. The minimum atomic E-state index is -1.21. The molecule has 1 unspecified atom stereocenters. The van der Waals surface area contributed by atoms with Crippen LogP contribution in [0.3, 0.4) is 0 Å². The maximum Gasteiger partial charge on any atom is 0.326 e. The van der Waals surface area contributed by atoms with Gasteiger partial charge < -0.3 is 25.7 Å². The van der Waals surface area contributed by atoms with Crippen LogP contribution in [-0.4, -0.2) is 38.3 Å². The van der Waals surface area contributed by atoms with E-state index in [0.29, 0.717) is 0 Å². The lowest BCUT2D eigenvalue weighted by Crippen LogP contribution is -2.42. The molecule has 0 spiro atoms. The van der Waals surface area contributed by atoms with Crippen molar-refractivity contribution >= 4 is 11.9 Å². The van der Waals surface area contributed by atoms with Gasteiger partial charge >= 0.3 is 5.97 Å². The van der Waals surface area contributed by atoms with E-state index in [0.717, 1.165) is 17.7 Å². The highest BCUT2D eigenvalue weighted by Crippen LogP contribution is 2.35. The molecule has 7 nitrogen and oxygen atoms in total. The second-order valence-electron chi connectivity index (χ2n) is 4.92. The average Bonchev–Trinajstić information content (AvgIpc) is 2.52. The summed E-state index contributed by atoms with van der Waals surface area (Å²) >= 11 is 0. The third-order valence-corrected chi connectivity index (χ3v) is 3.22. The Labute approximate surface area is 131 Å². The van der Waals surface area contributed by atoms with Gasteiger partial charge in [-0.1, -0.05) is 30.3 Å². The first-order valence-corrected chi connectivity index (χ1v) is 6.71. The van der Waals surface area contributed by atoms with Crippen LogP contribution in [0.2, 0.25) is 0 Å². The van der Waals surface area contributed by atoms with Crippen LogP contribution >= 0.6 is 0 Å². The molecule has 0 bridgehead atoms. The second-order valence-corrected chi connectivity index (χ2v) is 4.92. The molecule has 120 valence electrons. The number of benzene rings is 2. The Morgan fingerprint density at radius 2 is 1.57 bits per heavy atom. The zero-order chi connectivity index (χ0) is 17.0. The molecule has 0 saturated carbocycles. The minimum absolute atomic E-state index is 0.0813. The van der Waals surface area contributed by atoms with Crippen molar-refractivity contribution in [1.29, 1.82) is 0 Å². The van der Waals surface area contributed by atoms with Crippen LogP contribution < -0.4 is 5.32 Å². The van der Waals surface area contributed by atoms with Crippen LogP contribution in [0.4, 0.5) is 0 Å². The normalized spacial score (nSPS) is 11.7. The number of rotatable bonds is 5. The first-order valence-electron chi connectivity index (χ1n) is 6.71. The van der Waals surface area contributed by atoms with Crippen molar-refractivity contribution in [3.63, 3.8) is 0 Å². The molecular weight excluding hydrogens is 302 g/mol. The van der Waals surface area contributed by atoms with E-state index in [1.54, 1.807) is 30.3 Å². The van der Waals surface area contributed by atoms with Gasteiger partial charge in [0.1, 0.15) is 6.04 Å². The predicted molar refractivity (Wildman–Crippen MR) is 80.5 cm³/mol. The lowest BCUT2D eigenvalue weighted by Gasteiger charge is -2.15. The van der Waals surface area contributed by atoms with Crippen LogP contribution in [-0.2, 0) is 11.2 Å². The summed E-state index contributed by atoms with van der Waals surface area (Å²) in [4.78, 5) is 23.4. The Morgan fingerprint density at radius 1 is 1.00 bits per heavy atom. The molecule has 7 heteroatoms. The molecule has 1 amide bonds. The number of aliphatic carboxylic acids is 1. The Morgan fingerprint density at radius 3 is 2.09 bits per heavy atom. The number of nitrogens with one attached hydrogen (secondary N) is 1. The molecule has 0 radical (unpaired) electrons. The zero-order valence-electron chi connectivity index (χ0n) is 11.9. The summed E-state index contributed by atoms with van der Waals surface area (Å²) in [6, 6.07) is 9.47. The fourth-order valence-corrected chi connectivity index (χ4v) is 2.03. The largest absolute Gasteiger partial charge is 0.504 e. The van der Waals surface area contributed by atoms with Gasteiger partial charge in [0.2, 0.25) is 0 Å². The van der Waals surface area contributed by atoms with E-state index < -0.39 is 35.2 Å². The molecule has 2 rings (SSSR count). The lowest BCUT2D eigenvalue weighted by atomic mass is 10.1. The van der Waals surface area contributed by atoms with Gasteiger partial charge in [-0.25, -0.2) is 4.79 Å². The molecule has 0 saturated heterocycles. The first-order chi connectivity index (χ1) is 10.9. The standard InChI is InChI=1S/C16H15NO6/c18-12-7-10(8-13(19)14(12)20)15(21)17-11(16(22)23)6-9-4-2-1-3-5-9/h1-5,7-8,11,18-20H,6H2,(H,17,21)(H,22,23). The summed E-state index contributed by atoms with van der Waals surface area (Å²) in [6.07, 6.45) is 0.0813. The Hall–Kier alpha value is -3.22. The molecular formula is C16H15NO6. The van der Waals surface area contributed by atoms with Gasteiger partial charge in [-0.05, 0) is 17.7 Å². The number of carbonyl (C=O) groups is 2. The smallest absolute Gasteiger partial charge is 0.326 e. The predicted octanol–water partition coefficient (Wildman–Crippen LogP) is 1.23. The summed E-state index contributed by atoms with van der Waals surface area (Å²) in [7, 11) is 0. The SMILES string of the molecule is O=C(NC(Cc1ccccc1)C(=O)O)c1cc(O)c(O)c(O)c1. The van der Waals surface area contributed by atoms with Crippen molar-refractivity contribution in [2.45, 2.75) is 12.5 Å². The maximum atomic E-state index is 12.1. The van der Waals surface area contributed by atoms with E-state index in [9.17, 15) is 30.0 Å². The molecule has 0 fully saturated rings. The van der Waals surface area contributed by atoms with Crippen molar-refractivity contribution in [2.24, 2.45) is 0 Å². The summed E-state index contributed by atoms with van der Waals surface area (Å²) in [6.45, 7) is 0. The molecule has 2 aromatic carbocycles. The Bertz CT molecular complexity index is 706. The number of phenols is 3. The van der Waals surface area contributed by atoms with Gasteiger partial charge in [0, 0.05) is 12.0 Å². The van der Waals surface area contributed by atoms with Gasteiger partial charge in [0.25, 0.3) is 5.91 Å². The summed E-state index contributed by atoms with van der Waals surface area (Å²) in [5, 5.41) is 39.6. The molecule has 0 aliphatic rings. The van der Waals surface area contributed by atoms with E-state index in [4.69, 9.17) is 0 Å². The van der Waals surface area contributed by atoms with Gasteiger partial charge in [-0.3, -0.25) is 4.79 Å². The van der Waals surface area contributed by atoms with Crippen LogP contribution in [0.25, 0.3) is 0 Å². The molecule has 5 N–H and O–H groups in total. The zero-order valence-corrected chi connectivity index (χ0v) is 11.9. The number of amides is 1. The van der Waals surface area contributed by atoms with Gasteiger partial charge in [-0.15, -0.1) is 0 Å². The lowest BCUT2D eigenvalue weighted by molar-refractivity contribution is -0.139. The minimum Gasteiger partial charge on any atom is -0.504 e. The number of carbonyl (C=O) groups excluding carboxylic acids is 1. The van der Waals surface area contributed by atoms with Crippen molar-refractivity contribution in [2.75, 3.05) is 0 Å². The average molecular weight is 317 g/mol. The fraction of sp³-hybridized carbons (Fsp3) is 0.125.